The van der Waals surface area contributed by atoms with Gasteiger partial charge >= 0.3 is 5.69 Å². The molecule has 0 unspecified atom stereocenters. The van der Waals surface area contributed by atoms with Gasteiger partial charge in [0.15, 0.2) is 0 Å². The first kappa shape index (κ1) is 14.7. The molecule has 2 aromatic rings. The van der Waals surface area contributed by atoms with Crippen LogP contribution in [0.3, 0.4) is 0 Å². The monoisotopic (exact) mass is 359 g/mol. The molecular weight excluding hydrogens is 353 g/mol. The second-order valence-corrected chi connectivity index (χ2v) is 4.83. The average Bonchev–Trinajstić information content (AvgIpc) is 2.38. The van der Waals surface area contributed by atoms with E-state index in [9.17, 15) is 14.5 Å². The number of alkyl halides is 1. The third kappa shape index (κ3) is 3.26. The van der Waals surface area contributed by atoms with Crippen LogP contribution >= 0.6 is 27.5 Å². The molecule has 0 saturated carbocycles. The van der Waals surface area contributed by atoms with Gasteiger partial charge < -0.3 is 4.74 Å². The van der Waals surface area contributed by atoms with Crippen LogP contribution in [0.5, 0.6) is 11.5 Å². The van der Waals surface area contributed by atoms with Crippen molar-refractivity contribution in [1.29, 1.82) is 0 Å². The Balaban J connectivity index is 2.36. The van der Waals surface area contributed by atoms with E-state index in [1.165, 1.54) is 6.07 Å². The van der Waals surface area contributed by atoms with E-state index < -0.39 is 10.7 Å². The fourth-order valence-corrected chi connectivity index (χ4v) is 2.44. The zero-order valence-corrected chi connectivity index (χ0v) is 12.3. The van der Waals surface area contributed by atoms with Crippen LogP contribution in [0.2, 0.25) is 5.02 Å². The van der Waals surface area contributed by atoms with Crippen molar-refractivity contribution in [2.24, 2.45) is 0 Å². The van der Waals surface area contributed by atoms with Crippen molar-refractivity contribution in [2.75, 3.05) is 0 Å². The average molecular weight is 361 g/mol. The highest BCUT2D eigenvalue weighted by molar-refractivity contribution is 9.08. The first-order valence-electron chi connectivity index (χ1n) is 5.47. The summed E-state index contributed by atoms with van der Waals surface area (Å²) in [5.74, 6) is -0.486. The summed E-state index contributed by atoms with van der Waals surface area (Å²) in [6, 6.07) is 7.87. The number of hydrogen-bond donors (Lipinski definition) is 0. The van der Waals surface area contributed by atoms with E-state index in [1.54, 1.807) is 12.1 Å². The highest BCUT2D eigenvalue weighted by Crippen LogP contribution is 2.33. The Morgan fingerprint density at radius 1 is 1.30 bits per heavy atom. The van der Waals surface area contributed by atoms with E-state index in [4.69, 9.17) is 16.3 Å². The van der Waals surface area contributed by atoms with Crippen molar-refractivity contribution in [2.45, 2.75) is 5.33 Å². The number of nitro groups is 1. The molecule has 0 fully saturated rings. The molecule has 0 aliphatic rings. The quantitative estimate of drug-likeness (QED) is 0.434. The van der Waals surface area contributed by atoms with Gasteiger partial charge in [0, 0.05) is 22.5 Å². The fourth-order valence-electron chi connectivity index (χ4n) is 1.55. The summed E-state index contributed by atoms with van der Waals surface area (Å²) in [6.07, 6.45) is 0. The minimum atomic E-state index is -0.636. The van der Waals surface area contributed by atoms with Gasteiger partial charge in [-0.25, -0.2) is 4.39 Å². The standard InChI is InChI=1S/C13H8BrClFNO3/c14-7-8-1-3-10(6-11(8)15)20-13-5-9(16)2-4-12(13)17(18)19/h1-6H,7H2. The fraction of sp³-hybridized carbons (Fsp3) is 0.0769. The van der Waals surface area contributed by atoms with Gasteiger partial charge in [0.1, 0.15) is 11.6 Å². The third-order valence-corrected chi connectivity index (χ3v) is 3.47. The number of hydrogen-bond acceptors (Lipinski definition) is 3. The van der Waals surface area contributed by atoms with E-state index in [-0.39, 0.29) is 11.4 Å². The molecule has 0 radical (unpaired) electrons. The lowest BCUT2D eigenvalue weighted by Crippen LogP contribution is -1.94. The lowest BCUT2D eigenvalue weighted by atomic mass is 10.2. The molecule has 2 rings (SSSR count). The van der Waals surface area contributed by atoms with E-state index in [0.29, 0.717) is 16.1 Å². The lowest BCUT2D eigenvalue weighted by Gasteiger charge is -2.08. The minimum absolute atomic E-state index is 0.169. The summed E-state index contributed by atoms with van der Waals surface area (Å²) in [5, 5.41) is 11.9. The van der Waals surface area contributed by atoms with Gasteiger partial charge in [-0.1, -0.05) is 33.6 Å². The molecule has 7 heteroatoms. The van der Waals surface area contributed by atoms with Gasteiger partial charge in [-0.3, -0.25) is 10.1 Å². The number of halogens is 3. The smallest absolute Gasteiger partial charge is 0.311 e. The van der Waals surface area contributed by atoms with Crippen molar-refractivity contribution in [3.63, 3.8) is 0 Å². The minimum Gasteiger partial charge on any atom is -0.450 e. The Hall–Kier alpha value is -1.66. The Kier molecular flexibility index (Phi) is 4.57. The van der Waals surface area contributed by atoms with Crippen molar-refractivity contribution < 1.29 is 14.1 Å². The van der Waals surface area contributed by atoms with Gasteiger partial charge in [0.05, 0.1) is 4.92 Å². The molecule has 0 N–H and O–H groups in total. The van der Waals surface area contributed by atoms with E-state index in [2.05, 4.69) is 15.9 Å². The van der Waals surface area contributed by atoms with Gasteiger partial charge in [-0.2, -0.15) is 0 Å². The highest BCUT2D eigenvalue weighted by atomic mass is 79.9. The predicted molar refractivity (Wildman–Crippen MR) is 77.2 cm³/mol. The summed E-state index contributed by atoms with van der Waals surface area (Å²) in [6.45, 7) is 0. The Bertz CT molecular complexity index is 666. The first-order valence-corrected chi connectivity index (χ1v) is 6.97. The summed E-state index contributed by atoms with van der Waals surface area (Å²) < 4.78 is 18.5. The molecule has 104 valence electrons. The van der Waals surface area contributed by atoms with Crippen molar-refractivity contribution in [1.82, 2.24) is 0 Å². The van der Waals surface area contributed by atoms with Gasteiger partial charge in [-0.15, -0.1) is 0 Å². The number of nitro benzene ring substituents is 1. The Morgan fingerprint density at radius 3 is 2.65 bits per heavy atom. The molecule has 4 nitrogen and oxygen atoms in total. The molecular formula is C13H8BrClFNO3. The predicted octanol–water partition coefficient (Wildman–Crippen LogP) is 5.07. The van der Waals surface area contributed by atoms with Crippen LogP contribution in [-0.4, -0.2) is 4.92 Å². The molecule has 0 atom stereocenters. The third-order valence-electron chi connectivity index (χ3n) is 2.51. The maximum atomic E-state index is 13.2. The molecule has 0 saturated heterocycles. The Labute approximate surface area is 127 Å². The molecule has 0 spiro atoms. The first-order chi connectivity index (χ1) is 9.51. The normalized spacial score (nSPS) is 10.3. The summed E-state index contributed by atoms with van der Waals surface area (Å²) in [7, 11) is 0. The van der Waals surface area contributed by atoms with E-state index >= 15 is 0 Å². The second kappa shape index (κ2) is 6.19. The molecule has 0 amide bonds. The largest absolute Gasteiger partial charge is 0.450 e. The van der Waals surface area contributed by atoms with Crippen molar-refractivity contribution >= 4 is 33.2 Å². The van der Waals surface area contributed by atoms with Crippen LogP contribution in [0, 0.1) is 15.9 Å². The number of nitrogens with zero attached hydrogens (tertiary/aromatic N) is 1. The summed E-state index contributed by atoms with van der Waals surface area (Å²) >= 11 is 9.29. The van der Waals surface area contributed by atoms with Crippen molar-refractivity contribution in [3.8, 4) is 11.5 Å². The molecule has 0 heterocycles. The van der Waals surface area contributed by atoms with E-state index in [0.717, 1.165) is 23.8 Å². The number of benzene rings is 2. The van der Waals surface area contributed by atoms with Crippen molar-refractivity contribution in [3.05, 3.63) is 62.9 Å². The summed E-state index contributed by atoms with van der Waals surface area (Å²) in [5.41, 5.74) is 0.542. The molecule has 0 bridgehead atoms. The van der Waals surface area contributed by atoms with E-state index in [1.807, 2.05) is 0 Å². The zero-order chi connectivity index (χ0) is 14.7. The SMILES string of the molecule is O=[N+]([O-])c1ccc(F)cc1Oc1ccc(CBr)c(Cl)c1. The number of ether oxygens (including phenoxy) is 1. The van der Waals surface area contributed by atoms with Crippen LogP contribution in [0.4, 0.5) is 10.1 Å². The van der Waals surface area contributed by atoms with Crippen LogP contribution in [0.1, 0.15) is 5.56 Å². The molecule has 2 aromatic carbocycles. The second-order valence-electron chi connectivity index (χ2n) is 3.86. The maximum absolute atomic E-state index is 13.2. The Morgan fingerprint density at radius 2 is 2.05 bits per heavy atom. The van der Waals surface area contributed by atoms with Crippen LogP contribution in [-0.2, 0) is 5.33 Å². The van der Waals surface area contributed by atoms with Crippen LogP contribution in [0.25, 0.3) is 0 Å². The van der Waals surface area contributed by atoms with Gasteiger partial charge in [0.25, 0.3) is 0 Å². The molecule has 0 aromatic heterocycles. The topological polar surface area (TPSA) is 52.4 Å². The molecule has 20 heavy (non-hydrogen) atoms. The lowest BCUT2D eigenvalue weighted by molar-refractivity contribution is -0.385. The zero-order valence-electron chi connectivity index (χ0n) is 9.98. The molecule has 0 aliphatic carbocycles. The number of rotatable bonds is 4. The molecule has 0 aliphatic heterocycles. The van der Waals surface area contributed by atoms with Crippen LogP contribution in [0.15, 0.2) is 36.4 Å². The van der Waals surface area contributed by atoms with Gasteiger partial charge in [-0.05, 0) is 23.8 Å². The highest BCUT2D eigenvalue weighted by Gasteiger charge is 2.17. The van der Waals surface area contributed by atoms with Gasteiger partial charge in [0.2, 0.25) is 5.75 Å². The van der Waals surface area contributed by atoms with Crippen LogP contribution < -0.4 is 4.74 Å². The summed E-state index contributed by atoms with van der Waals surface area (Å²) in [4.78, 5) is 10.2. The maximum Gasteiger partial charge on any atom is 0.311 e.